The van der Waals surface area contributed by atoms with Gasteiger partial charge in [0.1, 0.15) is 0 Å². The predicted molar refractivity (Wildman–Crippen MR) is 73.4 cm³/mol. The molecular formula is C16H27NO. The summed E-state index contributed by atoms with van der Waals surface area (Å²) in [6.45, 7) is 7.00. The number of hydrogen-bond acceptors (Lipinski definition) is 2. The second-order valence-electron chi connectivity index (χ2n) is 8.22. The average molecular weight is 249 g/mol. The summed E-state index contributed by atoms with van der Waals surface area (Å²) in [7, 11) is 0. The second kappa shape index (κ2) is 4.06. The van der Waals surface area contributed by atoms with Gasteiger partial charge < -0.3 is 5.32 Å². The molecule has 4 rings (SSSR count). The summed E-state index contributed by atoms with van der Waals surface area (Å²) >= 11 is 0. The Morgan fingerprint density at radius 2 is 1.50 bits per heavy atom. The van der Waals surface area contributed by atoms with Crippen LogP contribution in [0, 0.1) is 23.2 Å². The first-order valence-electron chi connectivity index (χ1n) is 7.65. The van der Waals surface area contributed by atoms with Crippen LogP contribution in [0.5, 0.6) is 0 Å². The molecule has 1 N–H and O–H groups in total. The van der Waals surface area contributed by atoms with Crippen molar-refractivity contribution in [2.75, 3.05) is 6.54 Å². The molecule has 0 aromatic rings. The molecular weight excluding hydrogens is 222 g/mol. The molecule has 2 nitrogen and oxygen atoms in total. The minimum absolute atomic E-state index is 0.0535. The number of nitrogens with one attached hydrogen (secondary N) is 1. The summed E-state index contributed by atoms with van der Waals surface area (Å²) < 4.78 is 0. The third kappa shape index (κ3) is 2.24. The van der Waals surface area contributed by atoms with Crippen LogP contribution in [0.1, 0.15) is 59.3 Å². The van der Waals surface area contributed by atoms with E-state index in [4.69, 9.17) is 0 Å². The van der Waals surface area contributed by atoms with E-state index in [1.54, 1.807) is 0 Å². The first-order valence-corrected chi connectivity index (χ1v) is 7.65. The SMILES string of the molecule is CC(C)(C)NCC(=O)C12CC3CC(CC(C3)C1)C2. The van der Waals surface area contributed by atoms with E-state index in [9.17, 15) is 4.79 Å². The van der Waals surface area contributed by atoms with Crippen LogP contribution in [0.15, 0.2) is 0 Å². The van der Waals surface area contributed by atoms with Gasteiger partial charge in [-0.15, -0.1) is 0 Å². The van der Waals surface area contributed by atoms with Gasteiger partial charge in [-0.2, -0.15) is 0 Å². The highest BCUT2D eigenvalue weighted by Crippen LogP contribution is 2.60. The van der Waals surface area contributed by atoms with E-state index >= 15 is 0 Å². The van der Waals surface area contributed by atoms with Gasteiger partial charge in [-0.05, 0) is 77.0 Å². The lowest BCUT2D eigenvalue weighted by molar-refractivity contribution is -0.143. The molecule has 0 aromatic carbocycles. The van der Waals surface area contributed by atoms with Crippen molar-refractivity contribution < 1.29 is 4.79 Å². The first-order chi connectivity index (χ1) is 8.36. The topological polar surface area (TPSA) is 29.1 Å². The fraction of sp³-hybridized carbons (Fsp3) is 0.938. The van der Waals surface area contributed by atoms with E-state index in [-0.39, 0.29) is 11.0 Å². The van der Waals surface area contributed by atoms with Crippen molar-refractivity contribution in [2.24, 2.45) is 23.2 Å². The Bertz CT molecular complexity index is 317. The smallest absolute Gasteiger partial charge is 0.152 e. The van der Waals surface area contributed by atoms with Crippen LogP contribution in [0.2, 0.25) is 0 Å². The van der Waals surface area contributed by atoms with Gasteiger partial charge in [0.25, 0.3) is 0 Å². The van der Waals surface area contributed by atoms with E-state index in [1.807, 2.05) is 0 Å². The number of hydrogen-bond donors (Lipinski definition) is 1. The van der Waals surface area contributed by atoms with Gasteiger partial charge in [-0.3, -0.25) is 4.79 Å². The summed E-state index contributed by atoms with van der Waals surface area (Å²) in [4.78, 5) is 12.7. The summed E-state index contributed by atoms with van der Waals surface area (Å²) in [5, 5.41) is 3.40. The molecule has 4 aliphatic carbocycles. The minimum atomic E-state index is 0.0535. The van der Waals surface area contributed by atoms with Crippen LogP contribution in [0.3, 0.4) is 0 Å². The highest BCUT2D eigenvalue weighted by molar-refractivity contribution is 5.87. The molecule has 4 saturated carbocycles. The quantitative estimate of drug-likeness (QED) is 0.832. The van der Waals surface area contributed by atoms with Crippen LogP contribution in [-0.4, -0.2) is 17.9 Å². The highest BCUT2D eigenvalue weighted by Gasteiger charge is 2.54. The molecule has 4 bridgehead atoms. The number of carbonyl (C=O) groups is 1. The number of ketones is 1. The van der Waals surface area contributed by atoms with Crippen molar-refractivity contribution in [3.63, 3.8) is 0 Å². The van der Waals surface area contributed by atoms with Crippen molar-refractivity contribution in [1.82, 2.24) is 5.32 Å². The van der Waals surface area contributed by atoms with E-state index in [0.717, 1.165) is 17.8 Å². The standard InChI is InChI=1S/C16H27NO/c1-15(2,3)17-10-14(18)16-7-11-4-12(8-16)6-13(5-11)9-16/h11-13,17H,4-10H2,1-3H3. The Labute approximate surface area is 111 Å². The van der Waals surface area contributed by atoms with Crippen molar-refractivity contribution in [3.05, 3.63) is 0 Å². The third-order valence-corrected chi connectivity index (χ3v) is 5.41. The molecule has 0 radical (unpaired) electrons. The van der Waals surface area contributed by atoms with Crippen molar-refractivity contribution in [2.45, 2.75) is 64.8 Å². The molecule has 0 aliphatic heterocycles. The molecule has 102 valence electrons. The van der Waals surface area contributed by atoms with Gasteiger partial charge in [0.15, 0.2) is 5.78 Å². The van der Waals surface area contributed by atoms with Gasteiger partial charge in [-0.25, -0.2) is 0 Å². The highest BCUT2D eigenvalue weighted by atomic mass is 16.1. The Kier molecular flexibility index (Phi) is 2.85. The van der Waals surface area contributed by atoms with E-state index in [2.05, 4.69) is 26.1 Å². The fourth-order valence-corrected chi connectivity index (χ4v) is 4.99. The maximum Gasteiger partial charge on any atom is 0.152 e. The lowest BCUT2D eigenvalue weighted by atomic mass is 9.48. The van der Waals surface area contributed by atoms with E-state index in [0.29, 0.717) is 12.3 Å². The van der Waals surface area contributed by atoms with Crippen molar-refractivity contribution >= 4 is 5.78 Å². The number of Topliss-reactive ketones (excluding diaryl/α,β-unsaturated/α-hetero) is 1. The Balaban J connectivity index is 1.69. The maximum atomic E-state index is 12.7. The number of carbonyl (C=O) groups excluding carboxylic acids is 1. The molecule has 4 fully saturated rings. The van der Waals surface area contributed by atoms with Gasteiger partial charge in [0.2, 0.25) is 0 Å². The zero-order valence-corrected chi connectivity index (χ0v) is 12.1. The van der Waals surface area contributed by atoms with Crippen LogP contribution < -0.4 is 5.32 Å². The third-order valence-electron chi connectivity index (χ3n) is 5.41. The maximum absolute atomic E-state index is 12.7. The van der Waals surface area contributed by atoms with Crippen LogP contribution >= 0.6 is 0 Å². The number of rotatable bonds is 3. The first kappa shape index (κ1) is 12.7. The minimum Gasteiger partial charge on any atom is -0.305 e. The molecule has 0 unspecified atom stereocenters. The lowest BCUT2D eigenvalue weighted by Gasteiger charge is -2.56. The molecule has 18 heavy (non-hydrogen) atoms. The lowest BCUT2D eigenvalue weighted by Crippen LogP contribution is -2.53. The van der Waals surface area contributed by atoms with Crippen LogP contribution in [0.25, 0.3) is 0 Å². The van der Waals surface area contributed by atoms with Crippen molar-refractivity contribution in [1.29, 1.82) is 0 Å². The Hall–Kier alpha value is -0.370. The summed E-state index contributed by atoms with van der Waals surface area (Å²) in [5.74, 6) is 3.12. The molecule has 2 heteroatoms. The molecule has 4 aliphatic rings. The molecule has 0 aromatic heterocycles. The van der Waals surface area contributed by atoms with Gasteiger partial charge in [-0.1, -0.05) is 0 Å². The average Bonchev–Trinajstić information content (AvgIpc) is 2.22. The summed E-state index contributed by atoms with van der Waals surface area (Å²) in [6, 6.07) is 0. The monoisotopic (exact) mass is 249 g/mol. The summed E-state index contributed by atoms with van der Waals surface area (Å²) in [5.41, 5.74) is 0.130. The van der Waals surface area contributed by atoms with Crippen molar-refractivity contribution in [3.8, 4) is 0 Å². The zero-order chi connectivity index (χ0) is 13.0. The van der Waals surface area contributed by atoms with Gasteiger partial charge in [0, 0.05) is 11.0 Å². The molecule has 0 saturated heterocycles. The van der Waals surface area contributed by atoms with Gasteiger partial charge in [0.05, 0.1) is 6.54 Å². The normalized spacial score (nSPS) is 42.3. The zero-order valence-electron chi connectivity index (χ0n) is 12.1. The van der Waals surface area contributed by atoms with Gasteiger partial charge >= 0.3 is 0 Å². The largest absolute Gasteiger partial charge is 0.305 e. The molecule has 0 heterocycles. The summed E-state index contributed by atoms with van der Waals surface area (Å²) in [6.07, 6.45) is 7.84. The van der Waals surface area contributed by atoms with E-state index < -0.39 is 0 Å². The second-order valence-corrected chi connectivity index (χ2v) is 8.22. The fourth-order valence-electron chi connectivity index (χ4n) is 4.99. The molecule has 0 spiro atoms. The molecule has 0 atom stereocenters. The predicted octanol–water partition coefficient (Wildman–Crippen LogP) is 3.16. The Morgan fingerprint density at radius 3 is 1.89 bits per heavy atom. The van der Waals surface area contributed by atoms with Crippen LogP contribution in [0.4, 0.5) is 0 Å². The van der Waals surface area contributed by atoms with Crippen LogP contribution in [-0.2, 0) is 4.79 Å². The molecule has 0 amide bonds. The van der Waals surface area contributed by atoms with E-state index in [1.165, 1.54) is 38.5 Å². The Morgan fingerprint density at radius 1 is 1.06 bits per heavy atom.